The van der Waals surface area contributed by atoms with E-state index in [1.165, 1.54) is 6.08 Å². The van der Waals surface area contributed by atoms with Crippen LogP contribution in [0.15, 0.2) is 42.5 Å². The second kappa shape index (κ2) is 10.2. The lowest BCUT2D eigenvalue weighted by molar-refractivity contribution is -0.148. The number of carbonyl (C=O) groups excluding carboxylic acids is 2. The van der Waals surface area contributed by atoms with Crippen LogP contribution in [0.3, 0.4) is 0 Å². The lowest BCUT2D eigenvalue weighted by atomic mass is 9.98. The van der Waals surface area contributed by atoms with Crippen molar-refractivity contribution in [3.8, 4) is 11.5 Å². The number of esters is 1. The minimum atomic E-state index is -0.930. The average molecular weight is 424 g/mol. The zero-order chi connectivity index (χ0) is 22.4. The fraction of sp³-hybridized carbons (Fsp3) is 0.360. The van der Waals surface area contributed by atoms with Gasteiger partial charge in [-0.2, -0.15) is 0 Å². The third-order valence-electron chi connectivity index (χ3n) is 5.02. The number of ether oxygens (including phenoxy) is 3. The number of hydrogen-bond acceptors (Lipinski definition) is 5. The fourth-order valence-corrected chi connectivity index (χ4v) is 3.28. The van der Waals surface area contributed by atoms with E-state index in [2.05, 4.69) is 19.2 Å². The second-order valence-electron chi connectivity index (χ2n) is 7.85. The van der Waals surface area contributed by atoms with Crippen molar-refractivity contribution in [3.05, 3.63) is 59.2 Å². The van der Waals surface area contributed by atoms with Crippen LogP contribution in [0.25, 0.3) is 6.08 Å². The first kappa shape index (κ1) is 22.4. The standard InChI is InChI=1S/C25H29NO5/c1-16(2)20-8-5-7-17(3)24(20)26-25(28)18(4)31-23(27)12-10-19-9-11-21-22(15-19)30-14-6-13-29-21/h5,7-12,15-16,18H,6,13-14H2,1-4H3,(H,26,28)/b12-10+/t18-/m1/s1. The molecule has 2 aromatic carbocycles. The van der Waals surface area contributed by atoms with Crippen LogP contribution in [0, 0.1) is 6.92 Å². The van der Waals surface area contributed by atoms with E-state index in [4.69, 9.17) is 14.2 Å². The normalized spacial score (nSPS) is 14.2. The van der Waals surface area contributed by atoms with Gasteiger partial charge in [0.2, 0.25) is 0 Å². The second-order valence-corrected chi connectivity index (χ2v) is 7.85. The molecule has 3 rings (SSSR count). The smallest absolute Gasteiger partial charge is 0.331 e. The molecule has 1 amide bonds. The topological polar surface area (TPSA) is 73.9 Å². The summed E-state index contributed by atoms with van der Waals surface area (Å²) < 4.78 is 16.5. The maximum atomic E-state index is 12.6. The number of hydrogen-bond donors (Lipinski definition) is 1. The fourth-order valence-electron chi connectivity index (χ4n) is 3.28. The molecule has 1 aliphatic heterocycles. The third kappa shape index (κ3) is 5.87. The molecule has 0 spiro atoms. The molecule has 1 aliphatic rings. The summed E-state index contributed by atoms with van der Waals surface area (Å²) in [7, 11) is 0. The lowest BCUT2D eigenvalue weighted by Crippen LogP contribution is -2.30. The van der Waals surface area contributed by atoms with Gasteiger partial charge in [-0.1, -0.05) is 38.1 Å². The van der Waals surface area contributed by atoms with Gasteiger partial charge in [0.1, 0.15) is 0 Å². The van der Waals surface area contributed by atoms with Gasteiger partial charge in [0.15, 0.2) is 17.6 Å². The van der Waals surface area contributed by atoms with Crippen LogP contribution in [-0.2, 0) is 14.3 Å². The van der Waals surface area contributed by atoms with Crippen molar-refractivity contribution < 1.29 is 23.8 Å². The van der Waals surface area contributed by atoms with E-state index in [0.717, 1.165) is 28.8 Å². The van der Waals surface area contributed by atoms with Gasteiger partial charge < -0.3 is 19.5 Å². The number of carbonyl (C=O) groups is 2. The van der Waals surface area contributed by atoms with Gasteiger partial charge in [0.05, 0.1) is 13.2 Å². The molecule has 1 atom stereocenters. The zero-order valence-corrected chi connectivity index (χ0v) is 18.4. The first-order valence-corrected chi connectivity index (χ1v) is 10.5. The summed E-state index contributed by atoms with van der Waals surface area (Å²) in [4.78, 5) is 24.8. The minimum absolute atomic E-state index is 0.256. The van der Waals surface area contributed by atoms with Crippen molar-refractivity contribution in [2.24, 2.45) is 0 Å². The monoisotopic (exact) mass is 423 g/mol. The van der Waals surface area contributed by atoms with Gasteiger partial charge in [0, 0.05) is 18.2 Å². The molecule has 0 unspecified atom stereocenters. The number of rotatable bonds is 6. The Morgan fingerprint density at radius 2 is 1.81 bits per heavy atom. The molecular weight excluding hydrogens is 394 g/mol. The maximum Gasteiger partial charge on any atom is 0.331 e. The van der Waals surface area contributed by atoms with Crippen molar-refractivity contribution in [3.63, 3.8) is 0 Å². The van der Waals surface area contributed by atoms with E-state index >= 15 is 0 Å². The Morgan fingerprint density at radius 1 is 1.06 bits per heavy atom. The average Bonchev–Trinajstić information content (AvgIpc) is 2.98. The van der Waals surface area contributed by atoms with E-state index in [1.54, 1.807) is 13.0 Å². The molecular formula is C25H29NO5. The Labute approximate surface area is 183 Å². The molecule has 2 aromatic rings. The molecule has 1 heterocycles. The highest BCUT2D eigenvalue weighted by molar-refractivity contribution is 5.97. The van der Waals surface area contributed by atoms with Gasteiger partial charge in [-0.25, -0.2) is 4.79 Å². The molecule has 6 heteroatoms. The van der Waals surface area contributed by atoms with Crippen LogP contribution < -0.4 is 14.8 Å². The first-order valence-electron chi connectivity index (χ1n) is 10.5. The summed E-state index contributed by atoms with van der Waals surface area (Å²) in [6.07, 6.45) is 2.82. The van der Waals surface area contributed by atoms with Crippen molar-refractivity contribution in [2.45, 2.75) is 46.1 Å². The van der Waals surface area contributed by atoms with Gasteiger partial charge in [-0.15, -0.1) is 0 Å². The van der Waals surface area contributed by atoms with Gasteiger partial charge in [0.25, 0.3) is 5.91 Å². The molecule has 164 valence electrons. The van der Waals surface area contributed by atoms with E-state index in [-0.39, 0.29) is 11.8 Å². The zero-order valence-electron chi connectivity index (χ0n) is 18.4. The van der Waals surface area contributed by atoms with Crippen LogP contribution in [0.4, 0.5) is 5.69 Å². The molecule has 1 N–H and O–H groups in total. The summed E-state index contributed by atoms with van der Waals surface area (Å²) in [5.41, 5.74) is 3.56. The lowest BCUT2D eigenvalue weighted by Gasteiger charge is -2.18. The number of nitrogens with one attached hydrogen (secondary N) is 1. The Kier molecular flexibility index (Phi) is 7.34. The number of benzene rings is 2. The molecule has 0 aliphatic carbocycles. The molecule has 0 radical (unpaired) electrons. The predicted molar refractivity (Wildman–Crippen MR) is 121 cm³/mol. The largest absolute Gasteiger partial charge is 0.490 e. The van der Waals surface area contributed by atoms with Crippen LogP contribution in [-0.4, -0.2) is 31.2 Å². The van der Waals surface area contributed by atoms with E-state index < -0.39 is 12.1 Å². The number of aryl methyl sites for hydroxylation is 1. The van der Waals surface area contributed by atoms with Gasteiger partial charge in [-0.3, -0.25) is 4.79 Å². The molecule has 0 fully saturated rings. The minimum Gasteiger partial charge on any atom is -0.490 e. The summed E-state index contributed by atoms with van der Waals surface area (Å²) in [6, 6.07) is 11.4. The van der Waals surface area contributed by atoms with E-state index in [9.17, 15) is 9.59 Å². The van der Waals surface area contributed by atoms with Crippen molar-refractivity contribution in [1.82, 2.24) is 0 Å². The van der Waals surface area contributed by atoms with E-state index in [1.807, 2.05) is 43.3 Å². The summed E-state index contributed by atoms with van der Waals surface area (Å²) in [5.74, 6) is 0.642. The van der Waals surface area contributed by atoms with E-state index in [0.29, 0.717) is 24.7 Å². The highest BCUT2D eigenvalue weighted by atomic mass is 16.5. The number of fused-ring (bicyclic) bond motifs is 1. The number of amides is 1. The maximum absolute atomic E-state index is 12.6. The number of para-hydroxylation sites is 1. The van der Waals surface area contributed by atoms with Gasteiger partial charge >= 0.3 is 5.97 Å². The molecule has 31 heavy (non-hydrogen) atoms. The summed E-state index contributed by atoms with van der Waals surface area (Å²) in [5, 5.41) is 2.91. The van der Waals surface area contributed by atoms with Crippen LogP contribution >= 0.6 is 0 Å². The molecule has 0 saturated heterocycles. The Balaban J connectivity index is 1.61. The van der Waals surface area contributed by atoms with Crippen LogP contribution in [0.2, 0.25) is 0 Å². The number of anilines is 1. The molecule has 0 saturated carbocycles. The SMILES string of the molecule is Cc1cccc(C(C)C)c1NC(=O)[C@@H](C)OC(=O)/C=C/c1ccc2c(c1)OCCCO2. The summed E-state index contributed by atoms with van der Waals surface area (Å²) >= 11 is 0. The molecule has 6 nitrogen and oxygen atoms in total. The van der Waals surface area contributed by atoms with Crippen LogP contribution in [0.5, 0.6) is 11.5 Å². The van der Waals surface area contributed by atoms with Crippen molar-refractivity contribution in [1.29, 1.82) is 0 Å². The Morgan fingerprint density at radius 3 is 2.55 bits per heavy atom. The summed E-state index contributed by atoms with van der Waals surface area (Å²) in [6.45, 7) is 8.85. The van der Waals surface area contributed by atoms with Crippen molar-refractivity contribution >= 4 is 23.6 Å². The predicted octanol–water partition coefficient (Wildman–Crippen LogP) is 4.86. The van der Waals surface area contributed by atoms with Crippen molar-refractivity contribution in [2.75, 3.05) is 18.5 Å². The molecule has 0 aromatic heterocycles. The quantitative estimate of drug-likeness (QED) is 0.530. The highest BCUT2D eigenvalue weighted by Crippen LogP contribution is 2.31. The Hall–Kier alpha value is -3.28. The first-order chi connectivity index (χ1) is 14.8. The van der Waals surface area contributed by atoms with Crippen LogP contribution in [0.1, 0.15) is 49.8 Å². The van der Waals surface area contributed by atoms with Gasteiger partial charge in [-0.05, 0) is 54.7 Å². The molecule has 0 bridgehead atoms. The Bertz CT molecular complexity index is 980. The third-order valence-corrected chi connectivity index (χ3v) is 5.02. The highest BCUT2D eigenvalue weighted by Gasteiger charge is 2.19.